The number of aryl methyl sites for hydroxylation is 3. The lowest BCUT2D eigenvalue weighted by atomic mass is 10.0. The van der Waals surface area contributed by atoms with Crippen LogP contribution in [0.1, 0.15) is 27.8 Å². The van der Waals surface area contributed by atoms with Crippen LogP contribution in [0.25, 0.3) is 0 Å². The molecular weight excluding hydrogens is 332 g/mol. The fourth-order valence-electron chi connectivity index (χ4n) is 2.44. The minimum absolute atomic E-state index is 0.102. The van der Waals surface area contributed by atoms with Crippen molar-refractivity contribution < 1.29 is 9.47 Å². The van der Waals surface area contributed by atoms with Gasteiger partial charge in [0.25, 0.3) is 5.17 Å². The highest BCUT2D eigenvalue weighted by molar-refractivity contribution is 7.80. The predicted octanol–water partition coefficient (Wildman–Crippen LogP) is 3.87. The van der Waals surface area contributed by atoms with E-state index in [2.05, 4.69) is 11.1 Å². The maximum Gasteiger partial charge on any atom is 0.290 e. The lowest BCUT2D eigenvalue weighted by Gasteiger charge is -2.12. The van der Waals surface area contributed by atoms with Crippen molar-refractivity contribution in [1.82, 2.24) is 0 Å². The van der Waals surface area contributed by atoms with Crippen molar-refractivity contribution in [1.29, 1.82) is 0 Å². The normalized spacial score (nSPS) is 11.4. The highest BCUT2D eigenvalue weighted by Gasteiger charge is 2.09. The maximum atomic E-state index is 6.02. The summed E-state index contributed by atoms with van der Waals surface area (Å²) >= 11 is 5.23. The fraction of sp³-hybridized carbons (Fsp3) is 0.300. The summed E-state index contributed by atoms with van der Waals surface area (Å²) in [6.07, 6.45) is 0.867. The Kier molecular flexibility index (Phi) is 6.67. The van der Waals surface area contributed by atoms with E-state index in [9.17, 15) is 0 Å². The molecule has 0 saturated heterocycles. The topological polar surface area (TPSA) is 56.8 Å². The van der Waals surface area contributed by atoms with Crippen LogP contribution >= 0.6 is 12.2 Å². The Bertz CT molecular complexity index is 783. The van der Waals surface area contributed by atoms with E-state index in [0.717, 1.165) is 28.7 Å². The molecular formula is C20H24N2O2S. The molecule has 2 aromatic carbocycles. The fourth-order valence-corrected chi connectivity index (χ4v) is 2.63. The van der Waals surface area contributed by atoms with Crippen LogP contribution in [0.5, 0.6) is 5.75 Å². The highest BCUT2D eigenvalue weighted by atomic mass is 32.1. The van der Waals surface area contributed by atoms with Crippen LogP contribution in [0.4, 0.5) is 0 Å². The standard InChI is InChI=1S/C20H24N2O2S/c1-13-5-7-16(8-6-13)19(21)22-20(25)24-18-12-14(2)17(9-10-23-4)11-15(18)3/h5-8,11-12H,9-10H2,1-4H3,(H2,21,22,25). The van der Waals surface area contributed by atoms with Gasteiger partial charge in [-0.1, -0.05) is 35.9 Å². The van der Waals surface area contributed by atoms with Gasteiger partial charge in [-0.05, 0) is 62.2 Å². The average Bonchev–Trinajstić information content (AvgIpc) is 2.57. The molecule has 0 saturated carbocycles. The molecule has 0 aliphatic heterocycles. The first-order valence-corrected chi connectivity index (χ1v) is 8.53. The van der Waals surface area contributed by atoms with E-state index in [1.165, 1.54) is 5.56 Å². The number of thiocarbonyl (C=S) groups is 1. The number of amidine groups is 1. The summed E-state index contributed by atoms with van der Waals surface area (Å²) in [4.78, 5) is 4.20. The number of hydrogen-bond acceptors (Lipinski definition) is 3. The molecule has 0 atom stereocenters. The van der Waals surface area contributed by atoms with Crippen molar-refractivity contribution in [2.75, 3.05) is 13.7 Å². The van der Waals surface area contributed by atoms with E-state index in [1.807, 2.05) is 51.1 Å². The summed E-state index contributed by atoms with van der Waals surface area (Å²) in [5, 5.41) is 0.102. The van der Waals surface area contributed by atoms with Crippen molar-refractivity contribution >= 4 is 23.2 Å². The molecule has 2 N–H and O–H groups in total. The molecule has 2 aromatic rings. The molecule has 0 fully saturated rings. The molecule has 0 amide bonds. The van der Waals surface area contributed by atoms with Crippen molar-refractivity contribution in [3.8, 4) is 5.75 Å². The summed E-state index contributed by atoms with van der Waals surface area (Å²) in [6, 6.07) is 11.9. The van der Waals surface area contributed by atoms with Gasteiger partial charge in [0.1, 0.15) is 11.6 Å². The van der Waals surface area contributed by atoms with Gasteiger partial charge in [-0.25, -0.2) is 0 Å². The van der Waals surface area contributed by atoms with Crippen LogP contribution in [0.15, 0.2) is 41.4 Å². The van der Waals surface area contributed by atoms with E-state index < -0.39 is 0 Å². The van der Waals surface area contributed by atoms with Crippen molar-refractivity contribution in [3.05, 3.63) is 64.2 Å². The Balaban J connectivity index is 2.13. The highest BCUT2D eigenvalue weighted by Crippen LogP contribution is 2.24. The van der Waals surface area contributed by atoms with E-state index in [0.29, 0.717) is 18.2 Å². The maximum absolute atomic E-state index is 6.02. The van der Waals surface area contributed by atoms with Crippen LogP contribution in [0, 0.1) is 20.8 Å². The van der Waals surface area contributed by atoms with Gasteiger partial charge < -0.3 is 15.2 Å². The van der Waals surface area contributed by atoms with Gasteiger partial charge in [-0.3, -0.25) is 0 Å². The summed E-state index contributed by atoms with van der Waals surface area (Å²) in [5.41, 5.74) is 11.4. The Morgan fingerprint density at radius 2 is 1.76 bits per heavy atom. The predicted molar refractivity (Wildman–Crippen MR) is 107 cm³/mol. The third-order valence-corrected chi connectivity index (χ3v) is 4.14. The van der Waals surface area contributed by atoms with Crippen LogP contribution in [-0.2, 0) is 11.2 Å². The van der Waals surface area contributed by atoms with Crippen LogP contribution in [0.2, 0.25) is 0 Å². The van der Waals surface area contributed by atoms with Crippen LogP contribution in [-0.4, -0.2) is 24.7 Å². The second-order valence-electron chi connectivity index (χ2n) is 6.02. The van der Waals surface area contributed by atoms with Gasteiger partial charge in [0.05, 0.1) is 6.61 Å². The smallest absolute Gasteiger partial charge is 0.290 e. The quantitative estimate of drug-likeness (QED) is 0.502. The minimum Gasteiger partial charge on any atom is -0.430 e. The Hall–Kier alpha value is -2.24. The van der Waals surface area contributed by atoms with Gasteiger partial charge in [0.15, 0.2) is 0 Å². The Labute approximate surface area is 154 Å². The van der Waals surface area contributed by atoms with E-state index in [1.54, 1.807) is 7.11 Å². The van der Waals surface area contributed by atoms with Gasteiger partial charge in [-0.2, -0.15) is 4.99 Å². The molecule has 0 radical (unpaired) electrons. The number of nitrogens with two attached hydrogens (primary N) is 1. The molecule has 0 unspecified atom stereocenters. The van der Waals surface area contributed by atoms with Crippen molar-refractivity contribution in [2.45, 2.75) is 27.2 Å². The van der Waals surface area contributed by atoms with Gasteiger partial charge in [-0.15, -0.1) is 0 Å². The average molecular weight is 356 g/mol. The molecule has 5 heteroatoms. The van der Waals surface area contributed by atoms with E-state index in [-0.39, 0.29) is 5.17 Å². The summed E-state index contributed by atoms with van der Waals surface area (Å²) in [6.45, 7) is 6.74. The molecule has 0 spiro atoms. The molecule has 0 aromatic heterocycles. The molecule has 2 rings (SSSR count). The molecule has 4 nitrogen and oxygen atoms in total. The number of methoxy groups -OCH3 is 1. The largest absolute Gasteiger partial charge is 0.430 e. The van der Waals surface area contributed by atoms with Crippen molar-refractivity contribution in [2.24, 2.45) is 10.7 Å². The second-order valence-corrected chi connectivity index (χ2v) is 6.37. The number of benzene rings is 2. The number of rotatable bonds is 5. The SMILES string of the molecule is COCCc1cc(C)c(OC(=S)N=C(N)c2ccc(C)cc2)cc1C. The molecule has 25 heavy (non-hydrogen) atoms. The first-order valence-electron chi connectivity index (χ1n) is 8.12. The number of hydrogen-bond donors (Lipinski definition) is 1. The summed E-state index contributed by atoms with van der Waals surface area (Å²) in [7, 11) is 1.70. The molecule has 0 aliphatic rings. The number of nitrogens with zero attached hydrogens (tertiary/aromatic N) is 1. The van der Waals surface area contributed by atoms with Gasteiger partial charge in [0, 0.05) is 12.7 Å². The van der Waals surface area contributed by atoms with Crippen molar-refractivity contribution in [3.63, 3.8) is 0 Å². The van der Waals surface area contributed by atoms with Gasteiger partial charge >= 0.3 is 0 Å². The third-order valence-electron chi connectivity index (χ3n) is 3.97. The molecule has 0 aliphatic carbocycles. The summed E-state index contributed by atoms with van der Waals surface area (Å²) in [5.74, 6) is 1.04. The molecule has 0 heterocycles. The van der Waals surface area contributed by atoms with E-state index in [4.69, 9.17) is 27.4 Å². The zero-order valence-corrected chi connectivity index (χ0v) is 15.9. The number of aliphatic imine (C=N–C) groups is 1. The second kappa shape index (κ2) is 8.74. The molecule has 132 valence electrons. The minimum atomic E-state index is 0.102. The van der Waals surface area contributed by atoms with E-state index >= 15 is 0 Å². The monoisotopic (exact) mass is 356 g/mol. The van der Waals surface area contributed by atoms with Crippen LogP contribution < -0.4 is 10.5 Å². The Morgan fingerprint density at radius 3 is 2.40 bits per heavy atom. The zero-order chi connectivity index (χ0) is 18.4. The number of ether oxygens (including phenoxy) is 2. The third kappa shape index (κ3) is 5.37. The van der Waals surface area contributed by atoms with Gasteiger partial charge in [0.2, 0.25) is 0 Å². The lowest BCUT2D eigenvalue weighted by molar-refractivity contribution is 0.202. The zero-order valence-electron chi connectivity index (χ0n) is 15.1. The first-order chi connectivity index (χ1) is 11.9. The Morgan fingerprint density at radius 1 is 1.08 bits per heavy atom. The first kappa shape index (κ1) is 19.1. The summed E-state index contributed by atoms with van der Waals surface area (Å²) < 4.78 is 10.9. The van der Waals surface area contributed by atoms with Crippen LogP contribution in [0.3, 0.4) is 0 Å². The molecule has 0 bridgehead atoms. The lowest BCUT2D eigenvalue weighted by Crippen LogP contribution is -2.17.